The highest BCUT2D eigenvalue weighted by Crippen LogP contribution is 2.40. The molecule has 1 aromatic heterocycles. The van der Waals surface area contributed by atoms with E-state index in [0.29, 0.717) is 30.9 Å². The Labute approximate surface area is 186 Å². The van der Waals surface area contributed by atoms with Crippen molar-refractivity contribution in [2.24, 2.45) is 0 Å². The van der Waals surface area contributed by atoms with Gasteiger partial charge in [-0.15, -0.1) is 0 Å². The Morgan fingerprint density at radius 3 is 2.71 bits per heavy atom. The Bertz CT molecular complexity index is 991. The molecule has 1 aromatic carbocycles. The molecule has 0 aliphatic carbocycles. The van der Waals surface area contributed by atoms with Crippen molar-refractivity contribution in [2.45, 2.75) is 32.4 Å². The highest BCUT2D eigenvalue weighted by atomic mass is 35.5. The molecule has 1 atom stereocenters. The van der Waals surface area contributed by atoms with Gasteiger partial charge in [0.25, 0.3) is 11.7 Å². The summed E-state index contributed by atoms with van der Waals surface area (Å²) in [5.74, 6) is -1.34. The molecule has 3 rings (SSSR count). The summed E-state index contributed by atoms with van der Waals surface area (Å²) in [6.45, 7) is 4.60. The normalized spacial score (nSPS) is 18.1. The van der Waals surface area contributed by atoms with E-state index in [4.69, 9.17) is 21.1 Å². The van der Waals surface area contributed by atoms with Gasteiger partial charge in [0, 0.05) is 31.1 Å². The molecular weight excluding hydrogens is 420 g/mol. The maximum atomic E-state index is 13.0. The lowest BCUT2D eigenvalue weighted by Gasteiger charge is -2.25. The molecule has 1 N–H and O–H groups in total. The second kappa shape index (κ2) is 9.94. The topological polar surface area (TPSA) is 89.0 Å². The summed E-state index contributed by atoms with van der Waals surface area (Å²) >= 11 is 6.28. The molecule has 1 unspecified atom stereocenters. The highest BCUT2D eigenvalue weighted by Gasteiger charge is 2.46. The third-order valence-electron chi connectivity index (χ3n) is 4.96. The number of hydrogen-bond acceptors (Lipinski definition) is 6. The molecule has 1 amide bonds. The number of amides is 1. The molecule has 0 radical (unpaired) electrons. The maximum Gasteiger partial charge on any atom is 0.295 e. The number of aliphatic hydroxyl groups excluding tert-OH is 1. The van der Waals surface area contributed by atoms with Gasteiger partial charge in [0.1, 0.15) is 11.5 Å². The first kappa shape index (κ1) is 22.8. The zero-order chi connectivity index (χ0) is 22.5. The average molecular weight is 445 g/mol. The summed E-state index contributed by atoms with van der Waals surface area (Å²) in [4.78, 5) is 31.4. The SMILES string of the molecule is COc1ccc(Cl)c(/C(O)=C2\C(=O)C(=O)N(CCCOC(C)C)C2c2cccnc2)c1. The predicted octanol–water partition coefficient (Wildman–Crippen LogP) is 3.98. The molecule has 164 valence electrons. The minimum absolute atomic E-state index is 0.0297. The number of nitrogens with zero attached hydrogens (tertiary/aromatic N) is 2. The molecule has 2 aromatic rings. The fraction of sp³-hybridized carbons (Fsp3) is 0.348. The first-order valence-electron chi connectivity index (χ1n) is 9.99. The summed E-state index contributed by atoms with van der Waals surface area (Å²) in [6.07, 6.45) is 3.79. The number of rotatable bonds is 8. The average Bonchev–Trinajstić information content (AvgIpc) is 3.02. The smallest absolute Gasteiger partial charge is 0.295 e. The fourth-order valence-corrected chi connectivity index (χ4v) is 3.71. The van der Waals surface area contributed by atoms with Crippen LogP contribution in [0.15, 0.2) is 48.3 Å². The van der Waals surface area contributed by atoms with Gasteiger partial charge in [-0.3, -0.25) is 14.6 Å². The van der Waals surface area contributed by atoms with Crippen molar-refractivity contribution < 1.29 is 24.2 Å². The van der Waals surface area contributed by atoms with Gasteiger partial charge in [-0.1, -0.05) is 17.7 Å². The van der Waals surface area contributed by atoms with Gasteiger partial charge >= 0.3 is 0 Å². The van der Waals surface area contributed by atoms with Gasteiger partial charge in [-0.05, 0) is 50.1 Å². The summed E-state index contributed by atoms with van der Waals surface area (Å²) < 4.78 is 10.8. The number of ether oxygens (including phenoxy) is 2. The van der Waals surface area contributed by atoms with Crippen molar-refractivity contribution in [1.29, 1.82) is 0 Å². The van der Waals surface area contributed by atoms with Crippen LogP contribution in [0.3, 0.4) is 0 Å². The third kappa shape index (κ3) is 4.89. The second-order valence-corrected chi connectivity index (χ2v) is 7.80. The Morgan fingerprint density at radius 1 is 1.29 bits per heavy atom. The number of pyridine rings is 1. The van der Waals surface area contributed by atoms with Gasteiger partial charge in [-0.25, -0.2) is 0 Å². The van der Waals surface area contributed by atoms with Crippen molar-refractivity contribution in [3.8, 4) is 5.75 Å². The van der Waals surface area contributed by atoms with E-state index >= 15 is 0 Å². The molecule has 2 heterocycles. The van der Waals surface area contributed by atoms with Crippen molar-refractivity contribution >= 4 is 29.1 Å². The number of likely N-dealkylation sites (tertiary alicyclic amines) is 1. The van der Waals surface area contributed by atoms with Crippen LogP contribution in [-0.2, 0) is 14.3 Å². The lowest BCUT2D eigenvalue weighted by atomic mass is 9.96. The number of ketones is 1. The van der Waals surface area contributed by atoms with Crippen molar-refractivity contribution in [1.82, 2.24) is 9.88 Å². The number of carbonyl (C=O) groups is 2. The van der Waals surface area contributed by atoms with Crippen LogP contribution in [-0.4, -0.2) is 53.0 Å². The van der Waals surface area contributed by atoms with E-state index in [1.165, 1.54) is 18.1 Å². The van der Waals surface area contributed by atoms with Crippen LogP contribution in [0.5, 0.6) is 5.75 Å². The molecule has 31 heavy (non-hydrogen) atoms. The van der Waals surface area contributed by atoms with Crippen molar-refractivity contribution in [3.05, 3.63) is 64.4 Å². The van der Waals surface area contributed by atoms with Crippen LogP contribution < -0.4 is 4.74 Å². The number of hydrogen-bond donors (Lipinski definition) is 1. The molecular formula is C23H25ClN2O5. The predicted molar refractivity (Wildman–Crippen MR) is 117 cm³/mol. The molecule has 1 aliphatic rings. The molecule has 1 fully saturated rings. The summed E-state index contributed by atoms with van der Waals surface area (Å²) in [5.41, 5.74) is 0.807. The minimum Gasteiger partial charge on any atom is -0.507 e. The van der Waals surface area contributed by atoms with Gasteiger partial charge in [0.15, 0.2) is 0 Å². The second-order valence-electron chi connectivity index (χ2n) is 7.40. The third-order valence-corrected chi connectivity index (χ3v) is 5.29. The van der Waals surface area contributed by atoms with Crippen LogP contribution in [0.2, 0.25) is 5.02 Å². The molecule has 7 nitrogen and oxygen atoms in total. The largest absolute Gasteiger partial charge is 0.507 e. The highest BCUT2D eigenvalue weighted by molar-refractivity contribution is 6.47. The fourth-order valence-electron chi connectivity index (χ4n) is 3.51. The molecule has 1 saturated heterocycles. The first-order valence-corrected chi connectivity index (χ1v) is 10.4. The van der Waals surface area contributed by atoms with E-state index in [2.05, 4.69) is 4.98 Å². The van der Waals surface area contributed by atoms with Crippen LogP contribution in [0.4, 0.5) is 0 Å². The number of aromatic nitrogens is 1. The number of aliphatic hydroxyl groups is 1. The molecule has 1 aliphatic heterocycles. The first-order chi connectivity index (χ1) is 14.8. The van der Waals surface area contributed by atoms with E-state index in [1.54, 1.807) is 36.7 Å². The molecule has 0 bridgehead atoms. The maximum absolute atomic E-state index is 13.0. The van der Waals surface area contributed by atoms with E-state index < -0.39 is 17.7 Å². The van der Waals surface area contributed by atoms with Crippen molar-refractivity contribution in [3.63, 3.8) is 0 Å². The van der Waals surface area contributed by atoms with E-state index in [1.807, 2.05) is 13.8 Å². The van der Waals surface area contributed by atoms with Crippen LogP contribution in [0.1, 0.15) is 37.4 Å². The van der Waals surface area contributed by atoms with E-state index in [-0.39, 0.29) is 28.0 Å². The number of methoxy groups -OCH3 is 1. The molecule has 0 spiro atoms. The number of Topliss-reactive ketones (excluding diaryl/α,β-unsaturated/α-hetero) is 1. The lowest BCUT2D eigenvalue weighted by molar-refractivity contribution is -0.140. The van der Waals surface area contributed by atoms with Crippen LogP contribution >= 0.6 is 11.6 Å². The molecule has 0 saturated carbocycles. The Hall–Kier alpha value is -2.90. The monoisotopic (exact) mass is 444 g/mol. The quantitative estimate of drug-likeness (QED) is 0.287. The van der Waals surface area contributed by atoms with Gasteiger partial charge in [-0.2, -0.15) is 0 Å². The minimum atomic E-state index is -0.782. The molecule has 8 heteroatoms. The Kier molecular flexibility index (Phi) is 7.30. The summed E-state index contributed by atoms with van der Waals surface area (Å²) in [6, 6.07) is 7.44. The van der Waals surface area contributed by atoms with Gasteiger partial charge < -0.3 is 19.5 Å². The van der Waals surface area contributed by atoms with Crippen LogP contribution in [0, 0.1) is 0 Å². The lowest BCUT2D eigenvalue weighted by Crippen LogP contribution is -2.31. The Morgan fingerprint density at radius 2 is 2.06 bits per heavy atom. The summed E-state index contributed by atoms with van der Waals surface area (Å²) in [5, 5.41) is 11.3. The van der Waals surface area contributed by atoms with Gasteiger partial charge in [0.2, 0.25) is 0 Å². The number of halogens is 1. The standard InChI is InChI=1S/C23H25ClN2O5/c1-14(2)31-11-5-10-26-20(15-6-4-9-25-13-15)19(22(28)23(26)29)21(27)17-12-16(30-3)7-8-18(17)24/h4,6-9,12-14,20,27H,5,10-11H2,1-3H3/b21-19+. The summed E-state index contributed by atoms with van der Waals surface area (Å²) in [7, 11) is 1.49. The van der Waals surface area contributed by atoms with Crippen molar-refractivity contribution in [2.75, 3.05) is 20.3 Å². The van der Waals surface area contributed by atoms with Crippen LogP contribution in [0.25, 0.3) is 5.76 Å². The zero-order valence-corrected chi connectivity index (χ0v) is 18.4. The van der Waals surface area contributed by atoms with Gasteiger partial charge in [0.05, 0.1) is 29.9 Å². The number of carbonyl (C=O) groups excluding carboxylic acids is 2. The number of benzene rings is 1. The Balaban J connectivity index is 2.06. The van der Waals surface area contributed by atoms with E-state index in [0.717, 1.165) is 0 Å². The van der Waals surface area contributed by atoms with E-state index in [9.17, 15) is 14.7 Å². The zero-order valence-electron chi connectivity index (χ0n) is 17.7.